The molecule has 0 saturated carbocycles. The molecular weight excluding hydrogens is 446 g/mol. The Bertz CT molecular complexity index is 1050. The third-order valence-corrected chi connectivity index (χ3v) is 6.35. The van der Waals surface area contributed by atoms with E-state index in [1.165, 1.54) is 12.1 Å². The van der Waals surface area contributed by atoms with Crippen LogP contribution in [-0.2, 0) is 32.5 Å². The van der Waals surface area contributed by atoms with Gasteiger partial charge in [-0.15, -0.1) is 0 Å². The molecule has 2 rings (SSSR count). The Balaban J connectivity index is 1.75. The van der Waals surface area contributed by atoms with Crippen molar-refractivity contribution in [2.75, 3.05) is 27.3 Å². The molecule has 0 aliphatic rings. The van der Waals surface area contributed by atoms with Gasteiger partial charge >= 0.3 is 11.8 Å². The molecule has 2 aromatic carbocycles. The molecular formula is C23H31N3O6S. The number of ether oxygens (including phenoxy) is 2. The summed E-state index contributed by atoms with van der Waals surface area (Å²) in [6.45, 7) is 4.04. The van der Waals surface area contributed by atoms with Gasteiger partial charge in [0.05, 0.1) is 19.1 Å². The molecule has 2 aromatic rings. The molecule has 0 aliphatic heterocycles. The zero-order valence-corrected chi connectivity index (χ0v) is 20.1. The molecule has 2 amide bonds. The highest BCUT2D eigenvalue weighted by atomic mass is 32.2. The van der Waals surface area contributed by atoms with Gasteiger partial charge in [-0.1, -0.05) is 18.2 Å². The van der Waals surface area contributed by atoms with Crippen molar-refractivity contribution in [2.45, 2.75) is 37.6 Å². The number of benzene rings is 2. The molecule has 180 valence electrons. The maximum absolute atomic E-state index is 12.1. The molecule has 10 heteroatoms. The summed E-state index contributed by atoms with van der Waals surface area (Å²) in [4.78, 5) is 24.2. The first-order chi connectivity index (χ1) is 15.7. The van der Waals surface area contributed by atoms with E-state index in [-0.39, 0.29) is 17.5 Å². The summed E-state index contributed by atoms with van der Waals surface area (Å²) in [6, 6.07) is 11.7. The second-order valence-electron chi connectivity index (χ2n) is 7.62. The maximum Gasteiger partial charge on any atom is 0.309 e. The van der Waals surface area contributed by atoms with Gasteiger partial charge in [-0.3, -0.25) is 9.59 Å². The summed E-state index contributed by atoms with van der Waals surface area (Å²) in [7, 11) is -0.437. The number of hydrogen-bond donors (Lipinski definition) is 3. The topological polar surface area (TPSA) is 123 Å². The third kappa shape index (κ3) is 8.07. The Morgan fingerprint density at radius 1 is 0.818 bits per heavy atom. The minimum absolute atomic E-state index is 0.179. The Morgan fingerprint density at radius 3 is 1.85 bits per heavy atom. The molecule has 9 nitrogen and oxygen atoms in total. The predicted octanol–water partition coefficient (Wildman–Crippen LogP) is 1.41. The quantitative estimate of drug-likeness (QED) is 0.421. The largest absolute Gasteiger partial charge is 0.493 e. The number of methoxy groups -OCH3 is 2. The van der Waals surface area contributed by atoms with Gasteiger partial charge in [-0.2, -0.15) is 0 Å². The Kier molecular flexibility index (Phi) is 9.68. The Labute approximate surface area is 194 Å². The summed E-state index contributed by atoms with van der Waals surface area (Å²) >= 11 is 0. The zero-order chi connectivity index (χ0) is 24.4. The molecule has 0 aromatic heterocycles. The average molecular weight is 478 g/mol. The number of sulfonamides is 1. The van der Waals surface area contributed by atoms with Crippen LogP contribution in [-0.4, -0.2) is 53.6 Å². The van der Waals surface area contributed by atoms with E-state index in [0.717, 1.165) is 11.1 Å². The third-order valence-electron chi connectivity index (χ3n) is 4.68. The second-order valence-corrected chi connectivity index (χ2v) is 9.34. The summed E-state index contributed by atoms with van der Waals surface area (Å²) in [5, 5.41) is 5.15. The van der Waals surface area contributed by atoms with Gasteiger partial charge in [-0.25, -0.2) is 13.1 Å². The number of carbonyl (C=O) groups is 2. The summed E-state index contributed by atoms with van der Waals surface area (Å²) in [5.41, 5.74) is 1.77. The van der Waals surface area contributed by atoms with E-state index in [2.05, 4.69) is 15.4 Å². The lowest BCUT2D eigenvalue weighted by molar-refractivity contribution is -0.139. The van der Waals surface area contributed by atoms with Crippen molar-refractivity contribution in [1.82, 2.24) is 15.4 Å². The van der Waals surface area contributed by atoms with Gasteiger partial charge in [0.15, 0.2) is 11.5 Å². The van der Waals surface area contributed by atoms with Crippen LogP contribution in [0.5, 0.6) is 11.5 Å². The van der Waals surface area contributed by atoms with E-state index in [4.69, 9.17) is 9.47 Å². The fraction of sp³-hybridized carbons (Fsp3) is 0.391. The minimum atomic E-state index is -3.54. The fourth-order valence-corrected chi connectivity index (χ4v) is 4.30. The highest BCUT2D eigenvalue weighted by Crippen LogP contribution is 2.27. The summed E-state index contributed by atoms with van der Waals surface area (Å²) in [5.74, 6) is -0.214. The van der Waals surface area contributed by atoms with Crippen LogP contribution in [0.25, 0.3) is 0 Å². The number of carbonyl (C=O) groups excluding carboxylic acids is 2. The highest BCUT2D eigenvalue weighted by Gasteiger charge is 2.15. The van der Waals surface area contributed by atoms with E-state index in [1.54, 1.807) is 46.3 Å². The van der Waals surface area contributed by atoms with Crippen molar-refractivity contribution in [2.24, 2.45) is 0 Å². The first-order valence-corrected chi connectivity index (χ1v) is 12.0. The van der Waals surface area contributed by atoms with Crippen molar-refractivity contribution >= 4 is 21.8 Å². The minimum Gasteiger partial charge on any atom is -0.493 e. The van der Waals surface area contributed by atoms with Crippen LogP contribution < -0.4 is 24.8 Å². The van der Waals surface area contributed by atoms with Crippen molar-refractivity contribution in [3.05, 3.63) is 53.6 Å². The van der Waals surface area contributed by atoms with Crippen molar-refractivity contribution in [1.29, 1.82) is 0 Å². The number of hydrogen-bond acceptors (Lipinski definition) is 6. The Morgan fingerprint density at radius 2 is 1.33 bits per heavy atom. The molecule has 0 saturated heterocycles. The first kappa shape index (κ1) is 26.1. The van der Waals surface area contributed by atoms with Crippen molar-refractivity contribution in [3.8, 4) is 11.5 Å². The average Bonchev–Trinajstić information content (AvgIpc) is 2.78. The molecule has 0 atom stereocenters. The molecule has 0 aliphatic carbocycles. The van der Waals surface area contributed by atoms with Crippen LogP contribution in [0.15, 0.2) is 47.4 Å². The number of nitrogens with one attached hydrogen (secondary N) is 3. The van der Waals surface area contributed by atoms with Crippen LogP contribution in [0.1, 0.15) is 25.0 Å². The van der Waals surface area contributed by atoms with Gasteiger partial charge in [0.25, 0.3) is 0 Å². The van der Waals surface area contributed by atoms with Gasteiger partial charge < -0.3 is 20.1 Å². The molecule has 0 unspecified atom stereocenters. The molecule has 3 N–H and O–H groups in total. The molecule has 0 spiro atoms. The number of amides is 2. The molecule has 0 radical (unpaired) electrons. The van der Waals surface area contributed by atoms with Crippen LogP contribution in [0.2, 0.25) is 0 Å². The maximum atomic E-state index is 12.1. The summed E-state index contributed by atoms with van der Waals surface area (Å²) < 4.78 is 37.3. The van der Waals surface area contributed by atoms with Gasteiger partial charge in [0.1, 0.15) is 0 Å². The van der Waals surface area contributed by atoms with Crippen LogP contribution in [0.3, 0.4) is 0 Å². The Hall–Kier alpha value is -3.11. The molecule has 0 fully saturated rings. The first-order valence-electron chi connectivity index (χ1n) is 10.5. The standard InChI is InChI=1S/C23H31N3O6S/c1-16(2)26-33(29,30)19-8-5-17(6-9-19)11-13-24-22(27)23(28)25-14-12-18-7-10-20(31-3)21(15-18)32-4/h5-10,15-16,26H,11-14H2,1-4H3,(H,24,27)(H,25,28). The normalized spacial score (nSPS) is 11.2. The van der Waals surface area contributed by atoms with Gasteiger partial charge in [0.2, 0.25) is 10.0 Å². The second kappa shape index (κ2) is 12.2. The lowest BCUT2D eigenvalue weighted by atomic mass is 10.1. The monoisotopic (exact) mass is 477 g/mol. The van der Waals surface area contributed by atoms with Crippen LogP contribution in [0.4, 0.5) is 0 Å². The number of rotatable bonds is 11. The molecule has 33 heavy (non-hydrogen) atoms. The van der Waals surface area contributed by atoms with Crippen LogP contribution in [0, 0.1) is 0 Å². The van der Waals surface area contributed by atoms with Gasteiger partial charge in [0, 0.05) is 19.1 Å². The lowest BCUT2D eigenvalue weighted by Crippen LogP contribution is -2.41. The van der Waals surface area contributed by atoms with Gasteiger partial charge in [-0.05, 0) is 62.1 Å². The SMILES string of the molecule is COc1ccc(CCNC(=O)C(=O)NCCc2ccc(S(=O)(=O)NC(C)C)cc2)cc1OC. The molecule has 0 heterocycles. The zero-order valence-electron chi connectivity index (χ0n) is 19.3. The van der Waals surface area contributed by atoms with E-state index >= 15 is 0 Å². The van der Waals surface area contributed by atoms with Crippen molar-refractivity contribution < 1.29 is 27.5 Å². The highest BCUT2D eigenvalue weighted by molar-refractivity contribution is 7.89. The predicted molar refractivity (Wildman–Crippen MR) is 125 cm³/mol. The smallest absolute Gasteiger partial charge is 0.309 e. The van der Waals surface area contributed by atoms with E-state index in [0.29, 0.717) is 30.9 Å². The van der Waals surface area contributed by atoms with E-state index < -0.39 is 21.8 Å². The summed E-state index contributed by atoms with van der Waals surface area (Å²) in [6.07, 6.45) is 0.989. The molecule has 0 bridgehead atoms. The van der Waals surface area contributed by atoms with Crippen LogP contribution >= 0.6 is 0 Å². The van der Waals surface area contributed by atoms with Crippen molar-refractivity contribution in [3.63, 3.8) is 0 Å². The lowest BCUT2D eigenvalue weighted by Gasteiger charge is -2.11. The van der Waals surface area contributed by atoms with E-state index in [1.807, 2.05) is 12.1 Å². The fourth-order valence-electron chi connectivity index (χ4n) is 3.05. The van der Waals surface area contributed by atoms with E-state index in [9.17, 15) is 18.0 Å².